The molecule has 0 fully saturated rings. The molecule has 0 N–H and O–H groups in total. The summed E-state index contributed by atoms with van der Waals surface area (Å²) in [7, 11) is 0. The minimum absolute atomic E-state index is 0.891. The molecule has 3 nitrogen and oxygen atoms in total. The summed E-state index contributed by atoms with van der Waals surface area (Å²) in [4.78, 5) is 9.43. The first-order valence-electron chi connectivity index (χ1n) is 10.5. The summed E-state index contributed by atoms with van der Waals surface area (Å²) in [5.41, 5.74) is 9.71. The van der Waals surface area contributed by atoms with Crippen LogP contribution in [0.4, 0.5) is 0 Å². The molecule has 0 radical (unpaired) electrons. The Balaban J connectivity index is 1.67. The van der Waals surface area contributed by atoms with Gasteiger partial charge < -0.3 is 0 Å². The molecule has 4 aromatic carbocycles. The number of hydrogen-bond acceptors (Lipinski definition) is 3. The number of fused-ring (bicyclic) bond motifs is 1. The van der Waals surface area contributed by atoms with E-state index in [9.17, 15) is 0 Å². The summed E-state index contributed by atoms with van der Waals surface area (Å²) in [6, 6.07) is 33.9. The van der Waals surface area contributed by atoms with E-state index in [1.165, 1.54) is 11.1 Å². The van der Waals surface area contributed by atoms with Crippen LogP contribution in [0.25, 0.3) is 49.5 Å². The maximum Gasteiger partial charge on any atom is 0.146 e. The van der Waals surface area contributed by atoms with Gasteiger partial charge in [0.15, 0.2) is 0 Å². The second-order valence-electron chi connectivity index (χ2n) is 7.56. The number of aromatic nitrogens is 3. The predicted octanol–water partition coefficient (Wildman–Crippen LogP) is 7.48. The maximum atomic E-state index is 4.79. The molecule has 0 atom stereocenters. The molecule has 2 heterocycles. The molecule has 0 aliphatic heterocycles. The van der Waals surface area contributed by atoms with E-state index in [1.807, 2.05) is 11.7 Å². The van der Waals surface area contributed by atoms with Crippen LogP contribution in [0.2, 0.25) is 0 Å². The topological polar surface area (TPSA) is 30.7 Å². The Hall–Kier alpha value is -4.02. The Labute approximate surface area is 190 Å². The van der Waals surface area contributed by atoms with Crippen molar-refractivity contribution in [3.05, 3.63) is 115 Å². The molecule has 152 valence electrons. The zero-order chi connectivity index (χ0) is 21.3. The highest BCUT2D eigenvalue weighted by Gasteiger charge is 2.19. The molecule has 32 heavy (non-hydrogen) atoms. The molecule has 0 aliphatic rings. The summed E-state index contributed by atoms with van der Waals surface area (Å²) in [6.45, 7) is 0. The number of benzene rings is 4. The average Bonchev–Trinajstić information content (AvgIpc) is 3.54. The lowest BCUT2D eigenvalue weighted by molar-refractivity contribution is 1.07. The third-order valence-electron chi connectivity index (χ3n) is 5.69. The molecule has 0 amide bonds. The van der Waals surface area contributed by atoms with Crippen LogP contribution in [-0.4, -0.2) is 14.5 Å². The number of hydrogen-bond donors (Lipinski definition) is 0. The summed E-state index contributed by atoms with van der Waals surface area (Å²) in [5.74, 6) is 0.891. The van der Waals surface area contributed by atoms with Crippen LogP contribution in [0.5, 0.6) is 0 Å². The fourth-order valence-electron chi connectivity index (χ4n) is 4.25. The van der Waals surface area contributed by atoms with E-state index in [0.717, 1.165) is 38.4 Å². The average molecular weight is 430 g/mol. The minimum Gasteiger partial charge on any atom is -0.298 e. The number of rotatable bonds is 4. The van der Waals surface area contributed by atoms with Gasteiger partial charge >= 0.3 is 0 Å². The standard InChI is InChI=1S/C28H19N3S/c1-3-9-20(10-4-1)22-13-7-14-23(21-11-5-2-6-12-21)27(22)31-18-17-29-28(31)24-15-8-16-25-26(24)30-19-32-25/h1-19H. The molecule has 6 aromatic rings. The van der Waals surface area contributed by atoms with Crippen molar-refractivity contribution >= 4 is 21.6 Å². The van der Waals surface area contributed by atoms with E-state index in [-0.39, 0.29) is 0 Å². The number of para-hydroxylation sites is 2. The van der Waals surface area contributed by atoms with Crippen LogP contribution < -0.4 is 0 Å². The van der Waals surface area contributed by atoms with Gasteiger partial charge in [-0.25, -0.2) is 9.97 Å². The van der Waals surface area contributed by atoms with Gasteiger partial charge in [0, 0.05) is 29.1 Å². The maximum absolute atomic E-state index is 4.79. The first kappa shape index (κ1) is 18.7. The molecular formula is C28H19N3S. The van der Waals surface area contributed by atoms with Crippen molar-refractivity contribution in [2.24, 2.45) is 0 Å². The third kappa shape index (κ3) is 3.13. The fraction of sp³-hybridized carbons (Fsp3) is 0. The van der Waals surface area contributed by atoms with Gasteiger partial charge in [0.05, 0.1) is 21.4 Å². The molecule has 0 aliphatic carbocycles. The Morgan fingerprint density at radius 1 is 0.594 bits per heavy atom. The van der Waals surface area contributed by atoms with Crippen LogP contribution in [0.1, 0.15) is 0 Å². The Kier molecular flexibility index (Phi) is 4.63. The molecule has 0 unspecified atom stereocenters. The highest BCUT2D eigenvalue weighted by molar-refractivity contribution is 7.16. The third-order valence-corrected chi connectivity index (χ3v) is 6.48. The van der Waals surface area contributed by atoms with Crippen LogP contribution in [0.15, 0.2) is 115 Å². The normalized spacial score (nSPS) is 11.1. The minimum atomic E-state index is 0.891. The van der Waals surface area contributed by atoms with E-state index in [2.05, 4.69) is 113 Å². The van der Waals surface area contributed by atoms with Crippen LogP contribution in [0, 0.1) is 0 Å². The Morgan fingerprint density at radius 2 is 1.22 bits per heavy atom. The van der Waals surface area contributed by atoms with E-state index in [1.54, 1.807) is 11.3 Å². The van der Waals surface area contributed by atoms with Crippen molar-refractivity contribution in [1.82, 2.24) is 14.5 Å². The molecular weight excluding hydrogens is 410 g/mol. The summed E-state index contributed by atoms with van der Waals surface area (Å²) < 4.78 is 3.37. The van der Waals surface area contributed by atoms with Gasteiger partial charge in [0.25, 0.3) is 0 Å². The lowest BCUT2D eigenvalue weighted by Gasteiger charge is -2.19. The zero-order valence-corrected chi connectivity index (χ0v) is 18.0. The van der Waals surface area contributed by atoms with Crippen LogP contribution >= 0.6 is 11.3 Å². The molecule has 0 saturated carbocycles. The van der Waals surface area contributed by atoms with Gasteiger partial charge in [-0.3, -0.25) is 4.57 Å². The molecule has 4 heteroatoms. The van der Waals surface area contributed by atoms with Gasteiger partial charge in [-0.2, -0.15) is 0 Å². The van der Waals surface area contributed by atoms with Gasteiger partial charge in [0.1, 0.15) is 5.82 Å². The van der Waals surface area contributed by atoms with Gasteiger partial charge in [-0.15, -0.1) is 11.3 Å². The molecule has 0 saturated heterocycles. The Morgan fingerprint density at radius 3 is 1.91 bits per heavy atom. The summed E-state index contributed by atoms with van der Waals surface area (Å²) in [5, 5.41) is 0. The predicted molar refractivity (Wildman–Crippen MR) is 133 cm³/mol. The largest absolute Gasteiger partial charge is 0.298 e. The quantitative estimate of drug-likeness (QED) is 0.291. The monoisotopic (exact) mass is 429 g/mol. The number of imidazole rings is 1. The van der Waals surface area contributed by atoms with Crippen molar-refractivity contribution in [2.45, 2.75) is 0 Å². The van der Waals surface area contributed by atoms with Crippen LogP contribution in [0.3, 0.4) is 0 Å². The Bertz CT molecular complexity index is 1460. The van der Waals surface area contributed by atoms with E-state index >= 15 is 0 Å². The van der Waals surface area contributed by atoms with E-state index in [4.69, 9.17) is 4.98 Å². The van der Waals surface area contributed by atoms with Gasteiger partial charge in [-0.05, 0) is 23.3 Å². The molecule has 0 spiro atoms. The first-order chi connectivity index (χ1) is 15.9. The van der Waals surface area contributed by atoms with Crippen molar-refractivity contribution in [3.8, 4) is 39.3 Å². The SMILES string of the molecule is c1ccc(-c2cccc(-c3ccccc3)c2-n2ccnc2-c2cccc3scnc23)cc1. The van der Waals surface area contributed by atoms with Crippen molar-refractivity contribution in [3.63, 3.8) is 0 Å². The van der Waals surface area contributed by atoms with E-state index < -0.39 is 0 Å². The molecule has 0 bridgehead atoms. The molecule has 2 aromatic heterocycles. The highest BCUT2D eigenvalue weighted by atomic mass is 32.1. The summed E-state index contributed by atoms with van der Waals surface area (Å²) >= 11 is 1.65. The van der Waals surface area contributed by atoms with Gasteiger partial charge in [-0.1, -0.05) is 84.9 Å². The first-order valence-corrected chi connectivity index (χ1v) is 11.4. The van der Waals surface area contributed by atoms with Crippen molar-refractivity contribution in [1.29, 1.82) is 0 Å². The highest BCUT2D eigenvalue weighted by Crippen LogP contribution is 2.38. The smallest absolute Gasteiger partial charge is 0.146 e. The van der Waals surface area contributed by atoms with Crippen molar-refractivity contribution in [2.75, 3.05) is 0 Å². The van der Waals surface area contributed by atoms with E-state index in [0.29, 0.717) is 0 Å². The zero-order valence-electron chi connectivity index (χ0n) is 17.2. The molecule has 6 rings (SSSR count). The van der Waals surface area contributed by atoms with Crippen LogP contribution in [-0.2, 0) is 0 Å². The van der Waals surface area contributed by atoms with Crippen molar-refractivity contribution < 1.29 is 0 Å². The fourth-order valence-corrected chi connectivity index (χ4v) is 4.96. The second kappa shape index (κ2) is 7.91. The lowest BCUT2D eigenvalue weighted by atomic mass is 9.95. The van der Waals surface area contributed by atoms with Gasteiger partial charge in [0.2, 0.25) is 0 Å². The number of thiazole rings is 1. The lowest BCUT2D eigenvalue weighted by Crippen LogP contribution is -2.02. The second-order valence-corrected chi connectivity index (χ2v) is 8.45. The number of nitrogens with zero attached hydrogens (tertiary/aromatic N) is 3. The summed E-state index contributed by atoms with van der Waals surface area (Å²) in [6.07, 6.45) is 3.92.